The number of halogens is 1. The third kappa shape index (κ3) is 2.83. The molecule has 0 unspecified atom stereocenters. The van der Waals surface area contributed by atoms with Crippen molar-refractivity contribution in [3.8, 4) is 0 Å². The van der Waals surface area contributed by atoms with Crippen LogP contribution in [0.2, 0.25) is 5.02 Å². The van der Waals surface area contributed by atoms with E-state index in [1.807, 2.05) is 4.90 Å². The Hall–Kier alpha value is -1.31. The number of rotatable bonds is 3. The summed E-state index contributed by atoms with van der Waals surface area (Å²) in [6, 6.07) is 2.37. The van der Waals surface area contributed by atoms with Gasteiger partial charge in [0.2, 0.25) is 10.0 Å². The number of carboxylic acid groups (broad SMARTS) is 1. The van der Waals surface area contributed by atoms with E-state index in [1.54, 1.807) is 0 Å². The van der Waals surface area contributed by atoms with Crippen molar-refractivity contribution in [1.29, 1.82) is 0 Å². The summed E-state index contributed by atoms with van der Waals surface area (Å²) in [4.78, 5) is 12.6. The second-order valence-corrected chi connectivity index (χ2v) is 6.26. The van der Waals surface area contributed by atoms with Crippen molar-refractivity contribution >= 4 is 33.3 Å². The van der Waals surface area contributed by atoms with Crippen LogP contribution < -0.4 is 10.0 Å². The van der Waals surface area contributed by atoms with Crippen molar-refractivity contribution in [1.82, 2.24) is 0 Å². The van der Waals surface area contributed by atoms with E-state index in [0.29, 0.717) is 18.8 Å². The Morgan fingerprint density at radius 3 is 2.37 bits per heavy atom. The lowest BCUT2D eigenvalue weighted by atomic mass is 10.2. The average Bonchev–Trinajstić information content (AvgIpc) is 2.80. The molecule has 0 aromatic heterocycles. The SMILES string of the molecule is NS(=O)(=O)c1cc(C(=O)O)cc(N2CCCC2)c1Cl. The van der Waals surface area contributed by atoms with Crippen LogP contribution in [0.25, 0.3) is 0 Å². The lowest BCUT2D eigenvalue weighted by Crippen LogP contribution is -2.21. The fraction of sp³-hybridized carbons (Fsp3) is 0.364. The molecule has 2 rings (SSSR count). The molecule has 3 N–H and O–H groups in total. The molecule has 1 fully saturated rings. The van der Waals surface area contributed by atoms with Crippen LogP contribution in [0, 0.1) is 0 Å². The van der Waals surface area contributed by atoms with Crippen molar-refractivity contribution in [3.63, 3.8) is 0 Å². The summed E-state index contributed by atoms with van der Waals surface area (Å²) < 4.78 is 23.0. The predicted octanol–water partition coefficient (Wildman–Crippen LogP) is 1.29. The molecule has 0 radical (unpaired) electrons. The van der Waals surface area contributed by atoms with Gasteiger partial charge in [-0.25, -0.2) is 18.4 Å². The van der Waals surface area contributed by atoms with Crippen LogP contribution in [0.1, 0.15) is 23.2 Å². The smallest absolute Gasteiger partial charge is 0.335 e. The minimum atomic E-state index is -4.06. The van der Waals surface area contributed by atoms with E-state index in [9.17, 15) is 13.2 Å². The third-order valence-corrected chi connectivity index (χ3v) is 4.46. The van der Waals surface area contributed by atoms with Gasteiger partial charge in [-0.1, -0.05) is 11.6 Å². The maximum Gasteiger partial charge on any atom is 0.335 e. The van der Waals surface area contributed by atoms with E-state index in [1.165, 1.54) is 6.07 Å². The number of primary sulfonamides is 1. The number of sulfonamides is 1. The lowest BCUT2D eigenvalue weighted by molar-refractivity contribution is 0.0696. The number of benzene rings is 1. The molecule has 19 heavy (non-hydrogen) atoms. The molecular formula is C11H13ClN2O4S. The Balaban J connectivity index is 2.65. The van der Waals surface area contributed by atoms with Gasteiger partial charge < -0.3 is 10.0 Å². The van der Waals surface area contributed by atoms with Crippen LogP contribution in [-0.4, -0.2) is 32.6 Å². The van der Waals surface area contributed by atoms with Gasteiger partial charge >= 0.3 is 5.97 Å². The molecule has 1 aromatic carbocycles. The van der Waals surface area contributed by atoms with E-state index >= 15 is 0 Å². The number of nitrogens with zero attached hydrogens (tertiary/aromatic N) is 1. The molecule has 1 aliphatic rings. The molecule has 104 valence electrons. The molecule has 8 heteroatoms. The second kappa shape index (κ2) is 4.99. The van der Waals surface area contributed by atoms with Crippen molar-refractivity contribution < 1.29 is 18.3 Å². The normalized spacial score (nSPS) is 15.8. The number of aromatic carboxylic acids is 1. The average molecular weight is 305 g/mol. The second-order valence-electron chi connectivity index (χ2n) is 4.35. The van der Waals surface area contributed by atoms with Gasteiger partial charge in [-0.15, -0.1) is 0 Å². The molecule has 0 bridgehead atoms. The number of carboxylic acids is 1. The first kappa shape index (κ1) is 14.1. The quantitative estimate of drug-likeness (QED) is 0.876. The maximum atomic E-state index is 11.5. The fourth-order valence-corrected chi connectivity index (χ4v) is 3.30. The topological polar surface area (TPSA) is 101 Å². The highest BCUT2D eigenvalue weighted by Crippen LogP contribution is 2.35. The standard InChI is InChI=1S/C11H13ClN2O4S/c12-10-8(14-3-1-2-4-14)5-7(11(15)16)6-9(10)19(13,17)18/h5-6H,1-4H2,(H,15,16)(H2,13,17,18). The molecule has 0 amide bonds. The molecular weight excluding hydrogens is 292 g/mol. The van der Waals surface area contributed by atoms with Crippen LogP contribution >= 0.6 is 11.6 Å². The van der Waals surface area contributed by atoms with Crippen LogP contribution in [0.5, 0.6) is 0 Å². The Morgan fingerprint density at radius 1 is 1.32 bits per heavy atom. The minimum absolute atomic E-state index is 0.0191. The summed E-state index contributed by atoms with van der Waals surface area (Å²) in [6.07, 6.45) is 1.91. The van der Waals surface area contributed by atoms with Crippen LogP contribution in [-0.2, 0) is 10.0 Å². The zero-order chi connectivity index (χ0) is 14.2. The molecule has 0 aliphatic carbocycles. The Morgan fingerprint density at radius 2 is 1.89 bits per heavy atom. The number of hydrogen-bond acceptors (Lipinski definition) is 4. The molecule has 6 nitrogen and oxygen atoms in total. The lowest BCUT2D eigenvalue weighted by Gasteiger charge is -2.21. The van der Waals surface area contributed by atoms with Gasteiger partial charge in [0.05, 0.1) is 16.3 Å². The molecule has 1 saturated heterocycles. The van der Waals surface area contributed by atoms with Crippen LogP contribution in [0.3, 0.4) is 0 Å². The van der Waals surface area contributed by atoms with Gasteiger partial charge in [0.25, 0.3) is 0 Å². The highest BCUT2D eigenvalue weighted by molar-refractivity contribution is 7.89. The fourth-order valence-electron chi connectivity index (χ4n) is 2.10. The molecule has 1 aromatic rings. The maximum absolute atomic E-state index is 11.5. The number of anilines is 1. The number of carbonyl (C=O) groups is 1. The van der Waals surface area contributed by atoms with E-state index < -0.39 is 16.0 Å². The summed E-state index contributed by atoms with van der Waals surface area (Å²) in [6.45, 7) is 1.43. The predicted molar refractivity (Wildman–Crippen MR) is 71.2 cm³/mol. The van der Waals surface area contributed by atoms with Gasteiger partial charge in [0.1, 0.15) is 4.90 Å². The van der Waals surface area contributed by atoms with Crippen LogP contribution in [0.15, 0.2) is 17.0 Å². The summed E-state index contributed by atoms with van der Waals surface area (Å²) in [5.41, 5.74) is 0.262. The first-order valence-electron chi connectivity index (χ1n) is 5.65. The van der Waals surface area contributed by atoms with Crippen molar-refractivity contribution in [2.75, 3.05) is 18.0 Å². The largest absolute Gasteiger partial charge is 0.478 e. The van der Waals surface area contributed by atoms with E-state index in [2.05, 4.69) is 0 Å². The molecule has 1 heterocycles. The number of nitrogens with two attached hydrogens (primary N) is 1. The van der Waals surface area contributed by atoms with E-state index in [0.717, 1.165) is 18.9 Å². The zero-order valence-electron chi connectivity index (χ0n) is 9.97. The number of hydrogen-bond donors (Lipinski definition) is 2. The molecule has 0 saturated carbocycles. The highest BCUT2D eigenvalue weighted by Gasteiger charge is 2.24. The van der Waals surface area contributed by atoms with Crippen LogP contribution in [0.4, 0.5) is 5.69 Å². The van der Waals surface area contributed by atoms with Crippen molar-refractivity contribution in [2.45, 2.75) is 17.7 Å². The summed E-state index contributed by atoms with van der Waals surface area (Å²) in [5, 5.41) is 14.1. The van der Waals surface area contributed by atoms with E-state index in [4.69, 9.17) is 21.8 Å². The first-order valence-corrected chi connectivity index (χ1v) is 7.57. The van der Waals surface area contributed by atoms with Gasteiger partial charge in [0, 0.05) is 13.1 Å². The summed E-state index contributed by atoms with van der Waals surface area (Å²) in [7, 11) is -4.06. The molecule has 0 spiro atoms. The van der Waals surface area contributed by atoms with Gasteiger partial charge in [-0.2, -0.15) is 0 Å². The third-order valence-electron chi connectivity index (χ3n) is 3.02. The summed E-state index contributed by atoms with van der Waals surface area (Å²) in [5.74, 6) is -1.22. The Bertz CT molecular complexity index is 624. The summed E-state index contributed by atoms with van der Waals surface area (Å²) >= 11 is 6.06. The van der Waals surface area contributed by atoms with Gasteiger partial charge in [0.15, 0.2) is 0 Å². The monoisotopic (exact) mass is 304 g/mol. The highest BCUT2D eigenvalue weighted by atomic mass is 35.5. The van der Waals surface area contributed by atoms with Crippen molar-refractivity contribution in [2.24, 2.45) is 5.14 Å². The molecule has 1 aliphatic heterocycles. The Kier molecular flexibility index (Phi) is 3.71. The first-order chi connectivity index (χ1) is 8.80. The van der Waals surface area contributed by atoms with Gasteiger partial charge in [-0.05, 0) is 25.0 Å². The van der Waals surface area contributed by atoms with E-state index in [-0.39, 0.29) is 15.5 Å². The molecule has 0 atom stereocenters. The minimum Gasteiger partial charge on any atom is -0.478 e. The van der Waals surface area contributed by atoms with Gasteiger partial charge in [-0.3, -0.25) is 0 Å². The van der Waals surface area contributed by atoms with Crippen molar-refractivity contribution in [3.05, 3.63) is 22.7 Å². The zero-order valence-corrected chi connectivity index (χ0v) is 11.5. The Labute approximate surface area is 115 Å².